The highest BCUT2D eigenvalue weighted by Gasteiger charge is 2.26. The highest BCUT2D eigenvalue weighted by atomic mass is 16.6. The first kappa shape index (κ1) is 19.1. The van der Waals surface area contributed by atoms with E-state index >= 15 is 0 Å². The van der Waals surface area contributed by atoms with Gasteiger partial charge in [-0.05, 0) is 18.2 Å². The van der Waals surface area contributed by atoms with Crippen molar-refractivity contribution in [3.05, 3.63) is 80.9 Å². The molecule has 0 aliphatic heterocycles. The van der Waals surface area contributed by atoms with Gasteiger partial charge in [0.15, 0.2) is 0 Å². The summed E-state index contributed by atoms with van der Waals surface area (Å²) >= 11 is 0. The maximum absolute atomic E-state index is 12.3. The quantitative estimate of drug-likeness (QED) is 0.444. The van der Waals surface area contributed by atoms with Crippen LogP contribution in [-0.2, 0) is 0 Å². The Bertz CT molecular complexity index is 1080. The van der Waals surface area contributed by atoms with E-state index in [2.05, 4.69) is 25.8 Å². The number of rotatable bonds is 7. The SMILES string of the molecule is O=C(NNc1ncnc(Oc2cccnc2)c1[N+](=O)[O-])c1ccccc1[N+](=O)[O-]. The zero-order valence-corrected chi connectivity index (χ0v) is 14.4. The first-order valence-corrected chi connectivity index (χ1v) is 7.84. The Balaban J connectivity index is 1.84. The number of nitro groups is 2. The van der Waals surface area contributed by atoms with Crippen molar-refractivity contribution in [2.24, 2.45) is 0 Å². The Morgan fingerprint density at radius 1 is 1.03 bits per heavy atom. The van der Waals surface area contributed by atoms with Gasteiger partial charge in [-0.15, -0.1) is 0 Å². The van der Waals surface area contributed by atoms with Gasteiger partial charge in [0.25, 0.3) is 11.6 Å². The second-order valence-corrected chi connectivity index (χ2v) is 5.28. The molecule has 0 aliphatic carbocycles. The molecule has 29 heavy (non-hydrogen) atoms. The third-order valence-corrected chi connectivity index (χ3v) is 3.46. The third-order valence-electron chi connectivity index (χ3n) is 3.46. The number of benzene rings is 1. The predicted molar refractivity (Wildman–Crippen MR) is 97.2 cm³/mol. The van der Waals surface area contributed by atoms with Crippen LogP contribution in [0.2, 0.25) is 0 Å². The predicted octanol–water partition coefficient (Wildman–Crippen LogP) is 2.24. The lowest BCUT2D eigenvalue weighted by atomic mass is 10.2. The van der Waals surface area contributed by atoms with E-state index in [1.54, 1.807) is 6.07 Å². The van der Waals surface area contributed by atoms with Gasteiger partial charge in [0.2, 0.25) is 5.82 Å². The van der Waals surface area contributed by atoms with Gasteiger partial charge < -0.3 is 4.74 Å². The number of pyridine rings is 1. The molecule has 0 saturated heterocycles. The topological polar surface area (TPSA) is 175 Å². The molecular formula is C16H11N7O6. The minimum absolute atomic E-state index is 0.198. The van der Waals surface area contributed by atoms with Gasteiger partial charge in [0, 0.05) is 12.3 Å². The molecule has 3 aromatic rings. The second-order valence-electron chi connectivity index (χ2n) is 5.28. The molecule has 146 valence electrons. The average Bonchev–Trinajstić information content (AvgIpc) is 2.72. The van der Waals surface area contributed by atoms with Crippen molar-refractivity contribution in [2.75, 3.05) is 5.43 Å². The van der Waals surface area contributed by atoms with Crippen molar-refractivity contribution in [3.63, 3.8) is 0 Å². The summed E-state index contributed by atoms with van der Waals surface area (Å²) < 4.78 is 5.36. The second kappa shape index (κ2) is 8.34. The van der Waals surface area contributed by atoms with E-state index in [9.17, 15) is 25.0 Å². The lowest BCUT2D eigenvalue weighted by molar-refractivity contribution is -0.385. The minimum Gasteiger partial charge on any atom is -0.432 e. The van der Waals surface area contributed by atoms with Crippen LogP contribution in [0.3, 0.4) is 0 Å². The van der Waals surface area contributed by atoms with E-state index in [-0.39, 0.29) is 23.0 Å². The number of nitrogens with one attached hydrogen (secondary N) is 2. The molecule has 2 N–H and O–H groups in total. The molecule has 13 heteroatoms. The fourth-order valence-electron chi connectivity index (χ4n) is 2.22. The fourth-order valence-corrected chi connectivity index (χ4v) is 2.22. The van der Waals surface area contributed by atoms with Crippen molar-refractivity contribution in [3.8, 4) is 11.6 Å². The summed E-state index contributed by atoms with van der Waals surface area (Å²) in [5.74, 6) is -1.46. The summed E-state index contributed by atoms with van der Waals surface area (Å²) in [6.07, 6.45) is 3.81. The maximum Gasteiger partial charge on any atom is 0.374 e. The summed E-state index contributed by atoms with van der Waals surface area (Å²) in [6, 6.07) is 8.31. The molecule has 0 atom stereocenters. The average molecular weight is 397 g/mol. The molecule has 2 aromatic heterocycles. The third kappa shape index (κ3) is 4.36. The summed E-state index contributed by atoms with van der Waals surface area (Å²) in [5.41, 5.74) is 3.09. The molecule has 2 heterocycles. The smallest absolute Gasteiger partial charge is 0.374 e. The molecule has 0 spiro atoms. The van der Waals surface area contributed by atoms with Crippen LogP contribution in [0.25, 0.3) is 0 Å². The first-order chi connectivity index (χ1) is 14.0. The van der Waals surface area contributed by atoms with E-state index in [1.807, 2.05) is 0 Å². The number of amides is 1. The van der Waals surface area contributed by atoms with Gasteiger partial charge in [0.1, 0.15) is 17.6 Å². The van der Waals surface area contributed by atoms with Gasteiger partial charge in [0.05, 0.1) is 16.0 Å². The van der Waals surface area contributed by atoms with Crippen LogP contribution in [0, 0.1) is 20.2 Å². The zero-order valence-electron chi connectivity index (χ0n) is 14.4. The van der Waals surface area contributed by atoms with Crippen LogP contribution in [0.15, 0.2) is 55.1 Å². The van der Waals surface area contributed by atoms with Crippen LogP contribution in [0.4, 0.5) is 17.2 Å². The number of hydrogen-bond acceptors (Lipinski definition) is 10. The van der Waals surface area contributed by atoms with Crippen molar-refractivity contribution in [1.29, 1.82) is 0 Å². The fraction of sp³-hybridized carbons (Fsp3) is 0. The van der Waals surface area contributed by atoms with Gasteiger partial charge in [-0.1, -0.05) is 12.1 Å². The molecule has 1 amide bonds. The zero-order chi connectivity index (χ0) is 20.8. The maximum atomic E-state index is 12.3. The van der Waals surface area contributed by atoms with Gasteiger partial charge >= 0.3 is 11.6 Å². The molecule has 0 bridgehead atoms. The summed E-state index contributed by atoms with van der Waals surface area (Å²) in [4.78, 5) is 44.5. The molecule has 0 aliphatic rings. The van der Waals surface area contributed by atoms with Crippen LogP contribution < -0.4 is 15.6 Å². The van der Waals surface area contributed by atoms with Crippen molar-refractivity contribution >= 4 is 23.1 Å². The molecule has 13 nitrogen and oxygen atoms in total. The van der Waals surface area contributed by atoms with Gasteiger partial charge in [-0.2, -0.15) is 4.98 Å². The number of carbonyl (C=O) groups excluding carboxylic acids is 1. The van der Waals surface area contributed by atoms with E-state index in [0.29, 0.717) is 0 Å². The van der Waals surface area contributed by atoms with Crippen LogP contribution in [-0.4, -0.2) is 30.7 Å². The lowest BCUT2D eigenvalue weighted by Gasteiger charge is -2.10. The molecule has 0 unspecified atom stereocenters. The summed E-state index contributed by atoms with van der Waals surface area (Å²) in [5, 5.41) is 22.5. The summed E-state index contributed by atoms with van der Waals surface area (Å²) in [7, 11) is 0. The molecule has 0 fully saturated rings. The normalized spacial score (nSPS) is 10.1. The Morgan fingerprint density at radius 3 is 2.52 bits per heavy atom. The van der Waals surface area contributed by atoms with Crippen LogP contribution in [0.1, 0.15) is 10.4 Å². The minimum atomic E-state index is -0.889. The standard InChI is InChI=1S/C16H11N7O6/c24-15(11-5-1-2-6-12(11)22(25)26)21-20-14-13(23(27)28)16(19-9-18-14)29-10-4-3-7-17-8-10/h1-9H,(H,21,24)(H,18,19,20). The van der Waals surface area contributed by atoms with Gasteiger partial charge in [-0.3, -0.25) is 40.9 Å². The largest absolute Gasteiger partial charge is 0.432 e. The number of para-hydroxylation sites is 1. The van der Waals surface area contributed by atoms with Crippen LogP contribution in [0.5, 0.6) is 11.6 Å². The molecule has 0 radical (unpaired) electrons. The summed E-state index contributed by atoms with van der Waals surface area (Å²) in [6.45, 7) is 0. The lowest BCUT2D eigenvalue weighted by Crippen LogP contribution is -2.30. The van der Waals surface area contributed by atoms with Crippen molar-refractivity contribution in [1.82, 2.24) is 20.4 Å². The molecule has 1 aromatic carbocycles. The number of hydrogen-bond donors (Lipinski definition) is 2. The Morgan fingerprint density at radius 2 is 1.83 bits per heavy atom. The monoisotopic (exact) mass is 397 g/mol. The Hall–Kier alpha value is -4.68. The highest BCUT2D eigenvalue weighted by molar-refractivity contribution is 5.98. The van der Waals surface area contributed by atoms with E-state index < -0.39 is 27.1 Å². The molecular weight excluding hydrogens is 386 g/mol. The van der Waals surface area contributed by atoms with Crippen molar-refractivity contribution in [2.45, 2.75) is 0 Å². The number of nitrogens with zero attached hydrogens (tertiary/aromatic N) is 5. The Labute approximate surface area is 161 Å². The molecule has 0 saturated carbocycles. The Kier molecular flexibility index (Phi) is 5.49. The number of aromatic nitrogens is 3. The molecule has 3 rings (SSSR count). The highest BCUT2D eigenvalue weighted by Crippen LogP contribution is 2.33. The number of ether oxygens (including phenoxy) is 1. The van der Waals surface area contributed by atoms with E-state index in [1.165, 1.54) is 36.7 Å². The number of anilines is 1. The van der Waals surface area contributed by atoms with Gasteiger partial charge in [-0.25, -0.2) is 4.98 Å². The van der Waals surface area contributed by atoms with E-state index in [4.69, 9.17) is 4.74 Å². The number of nitro benzene ring substituents is 1. The number of carbonyl (C=O) groups is 1. The number of hydrazine groups is 1. The van der Waals surface area contributed by atoms with Crippen LogP contribution >= 0.6 is 0 Å². The van der Waals surface area contributed by atoms with E-state index in [0.717, 1.165) is 12.4 Å². The van der Waals surface area contributed by atoms with Crippen molar-refractivity contribution < 1.29 is 19.4 Å². The first-order valence-electron chi connectivity index (χ1n) is 7.84.